The molecule has 2 aromatic carbocycles. The molecule has 0 bridgehead atoms. The van der Waals surface area contributed by atoms with Gasteiger partial charge in [0.25, 0.3) is 5.91 Å². The van der Waals surface area contributed by atoms with Crippen molar-refractivity contribution >= 4 is 48.3 Å². The van der Waals surface area contributed by atoms with Gasteiger partial charge in [-0.2, -0.15) is 0 Å². The number of nitrogens with zero attached hydrogens (tertiary/aromatic N) is 2. The van der Waals surface area contributed by atoms with E-state index in [4.69, 9.17) is 42.0 Å². The molecule has 2 heterocycles. The number of benzene rings is 2. The predicted molar refractivity (Wildman–Crippen MR) is 201 cm³/mol. The molecular formula is C38H54BCl2N3O7. The molecule has 13 heteroatoms. The molecule has 10 nitrogen and oxygen atoms in total. The molecule has 0 saturated carbocycles. The van der Waals surface area contributed by atoms with Gasteiger partial charge in [0.05, 0.1) is 21.2 Å². The first-order valence-corrected chi connectivity index (χ1v) is 18.7. The van der Waals surface area contributed by atoms with Gasteiger partial charge >= 0.3 is 19.2 Å². The minimum atomic E-state index is -1.32. The maximum absolute atomic E-state index is 14.1. The number of nitrogens with one attached hydrogen (secondary N) is 1. The normalized spacial score (nSPS) is 18.6. The van der Waals surface area contributed by atoms with Crippen LogP contribution in [0.3, 0.4) is 0 Å². The number of piperazine rings is 1. The van der Waals surface area contributed by atoms with Gasteiger partial charge in [-0.25, -0.2) is 9.59 Å². The summed E-state index contributed by atoms with van der Waals surface area (Å²) < 4.78 is 24.0. The highest BCUT2D eigenvalue weighted by atomic mass is 35.5. The fourth-order valence-corrected chi connectivity index (χ4v) is 6.55. The molecule has 2 amide bonds. The van der Waals surface area contributed by atoms with Crippen molar-refractivity contribution in [2.24, 2.45) is 0 Å². The number of rotatable bonds is 14. The minimum absolute atomic E-state index is 0.0736. The third-order valence-electron chi connectivity index (χ3n) is 9.84. The highest BCUT2D eigenvalue weighted by molar-refractivity contribution is 6.45. The number of halogens is 2. The van der Waals surface area contributed by atoms with Crippen molar-refractivity contribution in [3.05, 3.63) is 69.7 Å². The molecule has 4 rings (SSSR count). The van der Waals surface area contributed by atoms with Gasteiger partial charge < -0.3 is 29.0 Å². The number of unbranched alkanes of at least 4 members (excludes halogenated alkanes) is 1. The lowest BCUT2D eigenvalue weighted by atomic mass is 9.80. The number of hydrogen-bond donors (Lipinski definition) is 1. The molecule has 0 aromatic heterocycles. The summed E-state index contributed by atoms with van der Waals surface area (Å²) in [7, 11) is -0.350. The standard InChI is InChI=1S/C38H54BCl2N3O7/c1-35(2,3)49-33(46)38(42-34(47)48-27-28-14-9-8-10-15-28,18-11-12-20-39-50-36(4,5)37(6,7)51-39)19-13-21-43-22-24-44(25-23-43)32(45)29-16-17-30(40)31(41)26-29/h8-10,14-17,26H,11-13,18-25,27H2,1-7H3,(H,42,47). The van der Waals surface area contributed by atoms with Gasteiger partial charge in [0.2, 0.25) is 0 Å². The first-order chi connectivity index (χ1) is 23.9. The van der Waals surface area contributed by atoms with Crippen molar-refractivity contribution in [1.82, 2.24) is 15.1 Å². The van der Waals surface area contributed by atoms with Crippen LogP contribution in [-0.4, -0.2) is 90.0 Å². The Morgan fingerprint density at radius 3 is 2.10 bits per heavy atom. The number of carbonyl (C=O) groups excluding carboxylic acids is 3. The van der Waals surface area contributed by atoms with Crippen LogP contribution in [0.25, 0.3) is 0 Å². The van der Waals surface area contributed by atoms with Gasteiger partial charge in [0.15, 0.2) is 0 Å². The Hall–Kier alpha value is -2.83. The van der Waals surface area contributed by atoms with E-state index < -0.39 is 34.4 Å². The molecule has 0 radical (unpaired) electrons. The molecule has 2 saturated heterocycles. The average molecular weight is 747 g/mol. The first kappa shape index (κ1) is 40.9. The largest absolute Gasteiger partial charge is 0.458 e. The van der Waals surface area contributed by atoms with Crippen LogP contribution in [0.1, 0.15) is 96.5 Å². The summed E-state index contributed by atoms with van der Waals surface area (Å²) in [5.74, 6) is -0.574. The van der Waals surface area contributed by atoms with E-state index in [-0.39, 0.29) is 19.6 Å². The molecule has 2 aromatic rings. The zero-order valence-corrected chi connectivity index (χ0v) is 32.7. The van der Waals surface area contributed by atoms with Gasteiger partial charge in [-0.15, -0.1) is 0 Å². The number of alkyl carbamates (subject to hydrolysis) is 1. The van der Waals surface area contributed by atoms with Crippen molar-refractivity contribution in [2.45, 2.75) is 116 Å². The van der Waals surface area contributed by atoms with Gasteiger partial charge in [-0.1, -0.05) is 66.4 Å². The quantitative estimate of drug-likeness (QED) is 0.119. The fraction of sp³-hybridized carbons (Fsp3) is 0.605. The van der Waals surface area contributed by atoms with E-state index in [2.05, 4.69) is 10.2 Å². The summed E-state index contributed by atoms with van der Waals surface area (Å²) in [4.78, 5) is 44.6. The van der Waals surface area contributed by atoms with Crippen molar-refractivity contribution in [3.8, 4) is 0 Å². The Balaban J connectivity index is 1.42. The summed E-state index contributed by atoms with van der Waals surface area (Å²) in [6, 6.07) is 14.3. The molecule has 0 spiro atoms. The summed E-state index contributed by atoms with van der Waals surface area (Å²) in [6.07, 6.45) is 2.63. The van der Waals surface area contributed by atoms with E-state index in [0.717, 1.165) is 12.0 Å². The Kier molecular flexibility index (Phi) is 13.9. The van der Waals surface area contributed by atoms with Crippen LogP contribution in [-0.2, 0) is 30.2 Å². The highest BCUT2D eigenvalue weighted by Gasteiger charge is 2.50. The van der Waals surface area contributed by atoms with Crippen molar-refractivity contribution in [3.63, 3.8) is 0 Å². The van der Waals surface area contributed by atoms with Gasteiger partial charge in [-0.3, -0.25) is 9.69 Å². The summed E-state index contributed by atoms with van der Waals surface area (Å²) >= 11 is 12.2. The molecule has 1 unspecified atom stereocenters. The second kappa shape index (κ2) is 17.3. The second-order valence-corrected chi connectivity index (χ2v) is 16.4. The topological polar surface area (TPSA) is 107 Å². The smallest absolute Gasteiger partial charge is 0.457 e. The molecule has 1 atom stereocenters. The van der Waals surface area contributed by atoms with E-state index in [1.807, 2.05) is 83.7 Å². The zero-order valence-electron chi connectivity index (χ0n) is 31.2. The van der Waals surface area contributed by atoms with Crippen LogP contribution in [0.5, 0.6) is 0 Å². The number of carbonyl (C=O) groups is 3. The molecule has 2 fully saturated rings. The van der Waals surface area contributed by atoms with Gasteiger partial charge in [0, 0.05) is 31.7 Å². The fourth-order valence-electron chi connectivity index (χ4n) is 6.25. The molecule has 2 aliphatic rings. The van der Waals surface area contributed by atoms with Gasteiger partial charge in [0.1, 0.15) is 17.7 Å². The van der Waals surface area contributed by atoms with E-state index in [0.29, 0.717) is 80.3 Å². The number of hydrogen-bond acceptors (Lipinski definition) is 8. The third kappa shape index (κ3) is 11.6. The van der Waals surface area contributed by atoms with Crippen molar-refractivity contribution < 1.29 is 33.2 Å². The molecule has 0 aliphatic carbocycles. The Labute approximate surface area is 313 Å². The highest BCUT2D eigenvalue weighted by Crippen LogP contribution is 2.38. The lowest BCUT2D eigenvalue weighted by Crippen LogP contribution is -2.57. The second-order valence-electron chi connectivity index (χ2n) is 15.6. The summed E-state index contributed by atoms with van der Waals surface area (Å²) in [6.45, 7) is 16.8. The first-order valence-electron chi connectivity index (χ1n) is 17.9. The molecule has 2 aliphatic heterocycles. The van der Waals surface area contributed by atoms with Crippen molar-refractivity contribution in [2.75, 3.05) is 32.7 Å². The molecular weight excluding hydrogens is 692 g/mol. The lowest BCUT2D eigenvalue weighted by molar-refractivity contribution is -0.164. The predicted octanol–water partition coefficient (Wildman–Crippen LogP) is 7.80. The van der Waals surface area contributed by atoms with Crippen LogP contribution in [0.4, 0.5) is 4.79 Å². The SMILES string of the molecule is CC(C)(C)OC(=O)C(CCCCB1OC(C)(C)C(C)(C)O1)(CCCN1CCN(C(=O)c2ccc(Cl)c(Cl)c2)CC1)NC(=O)OCc1ccccc1. The monoisotopic (exact) mass is 745 g/mol. The summed E-state index contributed by atoms with van der Waals surface area (Å²) in [5.41, 5.74) is -1.59. The van der Waals surface area contributed by atoms with E-state index in [9.17, 15) is 14.4 Å². The number of amides is 2. The Bertz CT molecular complexity index is 1480. The molecule has 280 valence electrons. The van der Waals surface area contributed by atoms with E-state index in [1.54, 1.807) is 18.2 Å². The van der Waals surface area contributed by atoms with E-state index in [1.165, 1.54) is 0 Å². The van der Waals surface area contributed by atoms with E-state index >= 15 is 0 Å². The number of esters is 1. The van der Waals surface area contributed by atoms with Crippen LogP contribution in [0.15, 0.2) is 48.5 Å². The average Bonchev–Trinajstić information content (AvgIpc) is 3.27. The summed E-state index contributed by atoms with van der Waals surface area (Å²) in [5, 5.41) is 3.73. The maximum Gasteiger partial charge on any atom is 0.457 e. The van der Waals surface area contributed by atoms with Gasteiger partial charge in [-0.05, 0) is 104 Å². The van der Waals surface area contributed by atoms with Crippen LogP contribution in [0.2, 0.25) is 16.4 Å². The van der Waals surface area contributed by atoms with Crippen LogP contribution < -0.4 is 5.32 Å². The number of ether oxygens (including phenoxy) is 2. The van der Waals surface area contributed by atoms with Crippen molar-refractivity contribution in [1.29, 1.82) is 0 Å². The Morgan fingerprint density at radius 1 is 0.863 bits per heavy atom. The maximum atomic E-state index is 14.1. The molecule has 1 N–H and O–H groups in total. The van der Waals surface area contributed by atoms with Crippen LogP contribution >= 0.6 is 23.2 Å². The lowest BCUT2D eigenvalue weighted by Gasteiger charge is -2.37. The minimum Gasteiger partial charge on any atom is -0.458 e. The zero-order chi connectivity index (χ0) is 37.5. The molecule has 51 heavy (non-hydrogen) atoms. The third-order valence-corrected chi connectivity index (χ3v) is 10.6. The Morgan fingerprint density at radius 2 is 1.49 bits per heavy atom. The van der Waals surface area contributed by atoms with Crippen LogP contribution in [0, 0.1) is 0 Å².